The summed E-state index contributed by atoms with van der Waals surface area (Å²) in [5.41, 5.74) is 0. The van der Waals surface area contributed by atoms with Gasteiger partial charge >= 0.3 is 0 Å². The van der Waals surface area contributed by atoms with Crippen LogP contribution in [0.3, 0.4) is 0 Å². The number of nitrogens with zero attached hydrogens (tertiary/aromatic N) is 3. The molecule has 5 heteroatoms. The molecular formula is C20H29N3O2. The molecule has 5 heterocycles. The third-order valence-corrected chi connectivity index (χ3v) is 6.40. The van der Waals surface area contributed by atoms with Crippen molar-refractivity contribution in [3.63, 3.8) is 0 Å². The van der Waals surface area contributed by atoms with E-state index in [-0.39, 0.29) is 0 Å². The van der Waals surface area contributed by atoms with Gasteiger partial charge in [-0.1, -0.05) is 0 Å². The molecule has 2 bridgehead atoms. The second-order valence-corrected chi connectivity index (χ2v) is 8.18. The number of rotatable bonds is 5. The highest BCUT2D eigenvalue weighted by atomic mass is 16.5. The van der Waals surface area contributed by atoms with Crippen molar-refractivity contribution in [2.24, 2.45) is 5.92 Å². The van der Waals surface area contributed by atoms with Crippen molar-refractivity contribution in [1.29, 1.82) is 0 Å². The molecule has 25 heavy (non-hydrogen) atoms. The van der Waals surface area contributed by atoms with Crippen LogP contribution in [0, 0.1) is 5.92 Å². The molecule has 0 aliphatic carbocycles. The van der Waals surface area contributed by atoms with Crippen molar-refractivity contribution < 1.29 is 9.47 Å². The lowest BCUT2D eigenvalue weighted by Gasteiger charge is -2.25. The van der Waals surface area contributed by atoms with Gasteiger partial charge < -0.3 is 14.4 Å². The van der Waals surface area contributed by atoms with Gasteiger partial charge in [0.2, 0.25) is 0 Å². The molecule has 1 aromatic heterocycles. The molecule has 5 rings (SSSR count). The second kappa shape index (κ2) is 6.76. The smallest absolute Gasteiger partial charge is 0.171 e. The van der Waals surface area contributed by atoms with Crippen LogP contribution in [0.1, 0.15) is 38.5 Å². The lowest BCUT2D eigenvalue weighted by Crippen LogP contribution is -2.33. The first-order valence-corrected chi connectivity index (χ1v) is 10.1. The number of likely N-dealkylation sites (tertiary alicyclic amines) is 1. The van der Waals surface area contributed by atoms with Gasteiger partial charge in [0, 0.05) is 44.8 Å². The van der Waals surface area contributed by atoms with Gasteiger partial charge in [0.1, 0.15) is 6.10 Å². The average molecular weight is 343 g/mol. The zero-order valence-corrected chi connectivity index (χ0v) is 15.0. The minimum absolute atomic E-state index is 0.296. The van der Waals surface area contributed by atoms with E-state index in [9.17, 15) is 0 Å². The summed E-state index contributed by atoms with van der Waals surface area (Å²) in [6.07, 6.45) is 10.8. The van der Waals surface area contributed by atoms with Gasteiger partial charge in [0.05, 0.1) is 12.2 Å². The summed E-state index contributed by atoms with van der Waals surface area (Å²) < 4.78 is 12.4. The van der Waals surface area contributed by atoms with E-state index >= 15 is 0 Å². The topological polar surface area (TPSA) is 37.8 Å². The van der Waals surface area contributed by atoms with Gasteiger partial charge in [0.15, 0.2) is 11.6 Å². The van der Waals surface area contributed by atoms with Gasteiger partial charge in [-0.3, -0.25) is 4.90 Å². The Morgan fingerprint density at radius 2 is 2.08 bits per heavy atom. The number of anilines is 1. The third kappa shape index (κ3) is 3.24. The van der Waals surface area contributed by atoms with Gasteiger partial charge in [0.25, 0.3) is 0 Å². The molecule has 0 amide bonds. The van der Waals surface area contributed by atoms with E-state index in [1.54, 1.807) is 0 Å². The fraction of sp³-hybridized carbons (Fsp3) is 0.750. The summed E-state index contributed by atoms with van der Waals surface area (Å²) in [6, 6.07) is 4.08. The molecule has 1 aromatic rings. The van der Waals surface area contributed by atoms with E-state index < -0.39 is 0 Å². The van der Waals surface area contributed by atoms with Crippen LogP contribution in [0.5, 0.6) is 5.75 Å². The van der Waals surface area contributed by atoms with E-state index in [0.29, 0.717) is 18.3 Å². The molecule has 0 spiro atoms. The van der Waals surface area contributed by atoms with Crippen molar-refractivity contribution in [3.05, 3.63) is 18.3 Å². The normalized spacial score (nSPS) is 35.0. The first kappa shape index (κ1) is 15.9. The molecule has 4 saturated heterocycles. The predicted molar refractivity (Wildman–Crippen MR) is 97.2 cm³/mol. The predicted octanol–water partition coefficient (Wildman–Crippen LogP) is 2.70. The molecule has 4 atom stereocenters. The maximum Gasteiger partial charge on any atom is 0.171 e. The summed E-state index contributed by atoms with van der Waals surface area (Å²) in [5.74, 6) is 2.76. The Balaban J connectivity index is 1.19. The van der Waals surface area contributed by atoms with Crippen molar-refractivity contribution >= 4 is 5.82 Å². The Kier molecular flexibility index (Phi) is 4.30. The maximum absolute atomic E-state index is 6.40. The van der Waals surface area contributed by atoms with Crippen LogP contribution < -0.4 is 9.64 Å². The van der Waals surface area contributed by atoms with Crippen LogP contribution in [-0.4, -0.2) is 60.9 Å². The van der Waals surface area contributed by atoms with E-state index in [0.717, 1.165) is 50.1 Å². The molecule has 5 nitrogen and oxygen atoms in total. The lowest BCUT2D eigenvalue weighted by molar-refractivity contribution is 0.0849. The van der Waals surface area contributed by atoms with Crippen molar-refractivity contribution in [2.45, 2.75) is 56.8 Å². The van der Waals surface area contributed by atoms with Crippen LogP contribution in [0.2, 0.25) is 0 Å². The number of ether oxygens (including phenoxy) is 2. The number of aromatic nitrogens is 1. The Hall–Kier alpha value is -1.33. The van der Waals surface area contributed by atoms with E-state index in [1.165, 1.54) is 38.6 Å². The molecule has 0 radical (unpaired) electrons. The molecule has 4 fully saturated rings. The molecule has 0 aromatic carbocycles. The van der Waals surface area contributed by atoms with E-state index in [2.05, 4.69) is 20.9 Å². The lowest BCUT2D eigenvalue weighted by atomic mass is 9.89. The Morgan fingerprint density at radius 3 is 2.88 bits per heavy atom. The highest BCUT2D eigenvalue weighted by Crippen LogP contribution is 2.39. The molecule has 0 saturated carbocycles. The van der Waals surface area contributed by atoms with Crippen LogP contribution in [0.4, 0.5) is 5.82 Å². The van der Waals surface area contributed by atoms with Crippen LogP contribution in [0.25, 0.3) is 0 Å². The molecule has 4 aliphatic rings. The minimum Gasteiger partial charge on any atom is -0.485 e. The van der Waals surface area contributed by atoms with E-state index in [4.69, 9.17) is 9.47 Å². The molecule has 136 valence electrons. The van der Waals surface area contributed by atoms with Crippen molar-refractivity contribution in [3.8, 4) is 5.75 Å². The van der Waals surface area contributed by atoms with Crippen molar-refractivity contribution in [1.82, 2.24) is 9.88 Å². The quantitative estimate of drug-likeness (QED) is 0.822. The summed E-state index contributed by atoms with van der Waals surface area (Å²) >= 11 is 0. The maximum atomic E-state index is 6.40. The number of pyridine rings is 1. The van der Waals surface area contributed by atoms with Gasteiger partial charge in [-0.15, -0.1) is 0 Å². The first-order valence-electron chi connectivity index (χ1n) is 10.1. The molecular weight excluding hydrogens is 314 g/mol. The van der Waals surface area contributed by atoms with Crippen LogP contribution in [-0.2, 0) is 4.74 Å². The fourth-order valence-corrected chi connectivity index (χ4v) is 5.15. The number of fused-ring (bicyclic) bond motifs is 2. The zero-order valence-electron chi connectivity index (χ0n) is 15.0. The van der Waals surface area contributed by atoms with Gasteiger partial charge in [-0.25, -0.2) is 4.98 Å². The third-order valence-electron chi connectivity index (χ3n) is 6.40. The van der Waals surface area contributed by atoms with Crippen LogP contribution in [0.15, 0.2) is 18.3 Å². The molecule has 4 aliphatic heterocycles. The van der Waals surface area contributed by atoms with Crippen LogP contribution >= 0.6 is 0 Å². The number of hydrogen-bond donors (Lipinski definition) is 0. The summed E-state index contributed by atoms with van der Waals surface area (Å²) in [6.45, 7) is 5.59. The van der Waals surface area contributed by atoms with Gasteiger partial charge in [-0.2, -0.15) is 0 Å². The fourth-order valence-electron chi connectivity index (χ4n) is 5.15. The summed E-state index contributed by atoms with van der Waals surface area (Å²) in [4.78, 5) is 9.56. The molecule has 0 N–H and O–H groups in total. The Morgan fingerprint density at radius 1 is 1.16 bits per heavy atom. The average Bonchev–Trinajstić information content (AvgIpc) is 3.41. The van der Waals surface area contributed by atoms with E-state index in [1.807, 2.05) is 12.3 Å². The Bertz CT molecular complexity index is 604. The Labute approximate surface area is 150 Å². The SMILES string of the molecule is c1cnc(N2CCCC2)c(OC2CCN(CC3CC4CCC3O4)C2)c1. The minimum atomic E-state index is 0.296. The largest absolute Gasteiger partial charge is 0.485 e. The second-order valence-electron chi connectivity index (χ2n) is 8.18. The summed E-state index contributed by atoms with van der Waals surface area (Å²) in [5, 5.41) is 0. The molecule has 4 unspecified atom stereocenters. The number of hydrogen-bond acceptors (Lipinski definition) is 5. The zero-order chi connectivity index (χ0) is 16.6. The highest BCUT2D eigenvalue weighted by Gasteiger charge is 2.42. The first-order chi connectivity index (χ1) is 12.3. The monoisotopic (exact) mass is 343 g/mol. The highest BCUT2D eigenvalue weighted by molar-refractivity contribution is 5.52. The van der Waals surface area contributed by atoms with Crippen molar-refractivity contribution in [2.75, 3.05) is 37.6 Å². The van der Waals surface area contributed by atoms with Gasteiger partial charge in [-0.05, 0) is 50.7 Å². The summed E-state index contributed by atoms with van der Waals surface area (Å²) in [7, 11) is 0. The standard InChI is InChI=1S/C20H29N3O2/c1-2-10-23(9-1)20-19(4-3-8-21-20)25-17-7-11-22(14-17)13-15-12-16-5-6-18(15)24-16/h3-4,8,15-18H,1-2,5-7,9-14H2.